The molecule has 1 aromatic rings. The number of aryl methyl sites for hydroxylation is 1. The van der Waals surface area contributed by atoms with Gasteiger partial charge in [0.1, 0.15) is 6.67 Å². The fourth-order valence-corrected chi connectivity index (χ4v) is 1.30. The highest BCUT2D eigenvalue weighted by Crippen LogP contribution is 2.05. The molecule has 1 atom stereocenters. The molecule has 0 heterocycles. The van der Waals surface area contributed by atoms with E-state index < -0.39 is 24.6 Å². The predicted molar refractivity (Wildman–Crippen MR) is 60.7 cm³/mol. The molecule has 0 fully saturated rings. The van der Waals surface area contributed by atoms with Gasteiger partial charge in [-0.25, -0.2) is 9.18 Å². The van der Waals surface area contributed by atoms with Gasteiger partial charge in [0.15, 0.2) is 6.04 Å². The highest BCUT2D eigenvalue weighted by atomic mass is 19.1. The largest absolute Gasteiger partial charge is 0.480 e. The van der Waals surface area contributed by atoms with Gasteiger partial charge in [0.05, 0.1) is 0 Å². The van der Waals surface area contributed by atoms with Gasteiger partial charge in [0.2, 0.25) is 0 Å². The highest BCUT2D eigenvalue weighted by Gasteiger charge is 2.20. The molecule has 0 spiro atoms. The minimum Gasteiger partial charge on any atom is -0.480 e. The van der Waals surface area contributed by atoms with Crippen molar-refractivity contribution < 1.29 is 19.1 Å². The van der Waals surface area contributed by atoms with Crippen LogP contribution in [0.5, 0.6) is 0 Å². The second-order valence-electron chi connectivity index (χ2n) is 3.57. The number of carboxylic acid groups (broad SMARTS) is 1. The molecule has 2 N–H and O–H groups in total. The van der Waals surface area contributed by atoms with E-state index in [-0.39, 0.29) is 0 Å². The first kappa shape index (κ1) is 13.2. The second-order valence-corrected chi connectivity index (χ2v) is 3.57. The van der Waals surface area contributed by atoms with Crippen molar-refractivity contribution in [2.45, 2.75) is 19.4 Å². The van der Waals surface area contributed by atoms with Crippen molar-refractivity contribution in [2.24, 2.45) is 0 Å². The Morgan fingerprint density at radius 2 is 1.94 bits per heavy atom. The van der Waals surface area contributed by atoms with Crippen molar-refractivity contribution in [1.29, 1.82) is 0 Å². The van der Waals surface area contributed by atoms with Crippen LogP contribution >= 0.6 is 0 Å². The number of alkyl halides is 1. The average molecular weight is 239 g/mol. The molecule has 0 aliphatic rings. The molecule has 1 aromatic carbocycles. The smallest absolute Gasteiger partial charge is 0.328 e. The van der Waals surface area contributed by atoms with Crippen molar-refractivity contribution in [1.82, 2.24) is 5.32 Å². The number of amides is 1. The van der Waals surface area contributed by atoms with Crippen molar-refractivity contribution in [3.05, 3.63) is 35.4 Å². The topological polar surface area (TPSA) is 66.4 Å². The van der Waals surface area contributed by atoms with Crippen molar-refractivity contribution >= 4 is 11.9 Å². The lowest BCUT2D eigenvalue weighted by Gasteiger charge is -2.10. The number of aliphatic carboxylic acids is 1. The van der Waals surface area contributed by atoms with Crippen LogP contribution in [0.4, 0.5) is 4.39 Å². The summed E-state index contributed by atoms with van der Waals surface area (Å²) in [4.78, 5) is 22.1. The van der Waals surface area contributed by atoms with E-state index in [1.807, 2.05) is 6.92 Å². The van der Waals surface area contributed by atoms with E-state index in [1.54, 1.807) is 24.3 Å². The van der Waals surface area contributed by atoms with Crippen LogP contribution in [0.25, 0.3) is 0 Å². The zero-order valence-corrected chi connectivity index (χ0v) is 9.44. The maximum atomic E-state index is 12.3. The molecule has 17 heavy (non-hydrogen) atoms. The van der Waals surface area contributed by atoms with E-state index in [9.17, 15) is 14.0 Å². The van der Waals surface area contributed by atoms with E-state index in [4.69, 9.17) is 5.11 Å². The summed E-state index contributed by atoms with van der Waals surface area (Å²) in [5.41, 5.74) is 1.39. The van der Waals surface area contributed by atoms with Gasteiger partial charge in [-0.05, 0) is 24.1 Å². The van der Waals surface area contributed by atoms with Crippen LogP contribution in [-0.2, 0) is 11.2 Å². The van der Waals surface area contributed by atoms with Gasteiger partial charge < -0.3 is 10.4 Å². The summed E-state index contributed by atoms with van der Waals surface area (Å²) in [6.07, 6.45) is 0.851. The quantitative estimate of drug-likeness (QED) is 0.816. The third-order valence-corrected chi connectivity index (χ3v) is 2.38. The number of hydrogen-bond acceptors (Lipinski definition) is 2. The molecule has 0 radical (unpaired) electrons. The summed E-state index contributed by atoms with van der Waals surface area (Å²) in [5.74, 6) is -1.97. The summed E-state index contributed by atoms with van der Waals surface area (Å²) in [5, 5.41) is 10.7. The molecule has 5 heteroatoms. The van der Waals surface area contributed by atoms with Crippen LogP contribution in [0.15, 0.2) is 24.3 Å². The first-order valence-corrected chi connectivity index (χ1v) is 5.27. The number of benzene rings is 1. The number of halogens is 1. The number of rotatable bonds is 5. The molecule has 1 amide bonds. The Bertz CT molecular complexity index is 403. The summed E-state index contributed by atoms with van der Waals surface area (Å²) >= 11 is 0. The molecule has 0 bridgehead atoms. The molecule has 0 saturated carbocycles. The number of nitrogens with one attached hydrogen (secondary N) is 1. The number of carbonyl (C=O) groups excluding carboxylic acids is 1. The lowest BCUT2D eigenvalue weighted by atomic mass is 10.1. The predicted octanol–water partition coefficient (Wildman–Crippen LogP) is 1.40. The van der Waals surface area contributed by atoms with Gasteiger partial charge in [-0.2, -0.15) is 0 Å². The highest BCUT2D eigenvalue weighted by molar-refractivity contribution is 5.96. The summed E-state index contributed by atoms with van der Waals surface area (Å²) in [6.45, 7) is 0.854. The number of hydrogen-bond donors (Lipinski definition) is 2. The Morgan fingerprint density at radius 1 is 1.35 bits per heavy atom. The zero-order chi connectivity index (χ0) is 12.8. The van der Waals surface area contributed by atoms with Crippen LogP contribution in [0.1, 0.15) is 22.8 Å². The molecule has 4 nitrogen and oxygen atoms in total. The number of carbonyl (C=O) groups is 2. The standard InChI is InChI=1S/C12H14FNO3/c1-2-8-3-5-9(6-4-8)11(15)14-10(7-13)12(16)17/h3-6,10H,2,7H2,1H3,(H,14,15)(H,16,17). The average Bonchev–Trinajstić information content (AvgIpc) is 2.35. The molecule has 0 aromatic heterocycles. The maximum Gasteiger partial charge on any atom is 0.328 e. The van der Waals surface area contributed by atoms with Gasteiger partial charge in [0, 0.05) is 5.56 Å². The Labute approximate surface area is 98.5 Å². The molecular weight excluding hydrogens is 225 g/mol. The maximum absolute atomic E-state index is 12.3. The Kier molecular flexibility index (Phi) is 4.63. The fraction of sp³-hybridized carbons (Fsp3) is 0.333. The van der Waals surface area contributed by atoms with Crippen LogP contribution in [0.2, 0.25) is 0 Å². The SMILES string of the molecule is CCc1ccc(C(=O)NC(CF)C(=O)O)cc1. The van der Waals surface area contributed by atoms with Crippen molar-refractivity contribution in [3.63, 3.8) is 0 Å². The summed E-state index contributed by atoms with van der Waals surface area (Å²) in [7, 11) is 0. The summed E-state index contributed by atoms with van der Waals surface area (Å²) in [6, 6.07) is 5.24. The van der Waals surface area contributed by atoms with Gasteiger partial charge >= 0.3 is 5.97 Å². The van der Waals surface area contributed by atoms with Gasteiger partial charge in [-0.1, -0.05) is 19.1 Å². The third-order valence-electron chi connectivity index (χ3n) is 2.38. The molecular formula is C12H14FNO3. The minimum absolute atomic E-state index is 0.321. The number of carboxylic acids is 1. The first-order chi connectivity index (χ1) is 8.08. The molecule has 1 rings (SSSR count). The van der Waals surface area contributed by atoms with E-state index in [1.165, 1.54) is 0 Å². The molecule has 92 valence electrons. The second kappa shape index (κ2) is 5.98. The Morgan fingerprint density at radius 3 is 2.35 bits per heavy atom. The van der Waals surface area contributed by atoms with Crippen LogP contribution in [0, 0.1) is 0 Å². The minimum atomic E-state index is -1.49. The van der Waals surface area contributed by atoms with Gasteiger partial charge in [-0.15, -0.1) is 0 Å². The molecule has 0 aliphatic carbocycles. The first-order valence-electron chi connectivity index (χ1n) is 5.27. The molecule has 1 unspecified atom stereocenters. The lowest BCUT2D eigenvalue weighted by molar-refractivity contribution is -0.139. The zero-order valence-electron chi connectivity index (χ0n) is 9.44. The van der Waals surface area contributed by atoms with E-state index in [0.717, 1.165) is 12.0 Å². The van der Waals surface area contributed by atoms with Crippen molar-refractivity contribution in [2.75, 3.05) is 6.67 Å². The van der Waals surface area contributed by atoms with Gasteiger partial charge in [0.25, 0.3) is 5.91 Å². The Hall–Kier alpha value is -1.91. The lowest BCUT2D eigenvalue weighted by Crippen LogP contribution is -2.42. The summed E-state index contributed by atoms with van der Waals surface area (Å²) < 4.78 is 12.3. The van der Waals surface area contributed by atoms with Crippen LogP contribution < -0.4 is 5.32 Å². The van der Waals surface area contributed by atoms with E-state index in [0.29, 0.717) is 5.56 Å². The third kappa shape index (κ3) is 3.55. The van der Waals surface area contributed by atoms with Crippen LogP contribution in [-0.4, -0.2) is 29.7 Å². The van der Waals surface area contributed by atoms with Crippen molar-refractivity contribution in [3.8, 4) is 0 Å². The van der Waals surface area contributed by atoms with E-state index >= 15 is 0 Å². The van der Waals surface area contributed by atoms with E-state index in [2.05, 4.69) is 5.32 Å². The van der Waals surface area contributed by atoms with Crippen LogP contribution in [0.3, 0.4) is 0 Å². The monoisotopic (exact) mass is 239 g/mol. The fourth-order valence-electron chi connectivity index (χ4n) is 1.30. The Balaban J connectivity index is 2.72. The molecule has 0 saturated heterocycles. The van der Waals surface area contributed by atoms with Gasteiger partial charge in [-0.3, -0.25) is 4.79 Å². The molecule has 0 aliphatic heterocycles. The normalized spacial score (nSPS) is 11.9.